The van der Waals surface area contributed by atoms with Gasteiger partial charge < -0.3 is 19.7 Å². The number of aliphatic hydroxyl groups excluding tert-OH is 2. The summed E-state index contributed by atoms with van der Waals surface area (Å²) in [4.78, 5) is 24.5. The minimum absolute atomic E-state index is 0.0901. The Morgan fingerprint density at radius 3 is 2.78 bits per heavy atom. The highest BCUT2D eigenvalue weighted by molar-refractivity contribution is 4.93. The maximum atomic E-state index is 11.5. The molecule has 1 fully saturated rings. The second kappa shape index (κ2) is 5.02. The minimum Gasteiger partial charge on any atom is -0.387 e. The number of hydrogen-bond acceptors (Lipinski definition) is 6. The molecule has 1 saturated heterocycles. The number of H-pyrrole nitrogens is 1. The zero-order valence-corrected chi connectivity index (χ0v) is 9.65. The average molecular weight is 258 g/mol. The molecule has 1 aliphatic rings. The van der Waals surface area contributed by atoms with Gasteiger partial charge in [0, 0.05) is 19.4 Å². The number of methoxy groups -OCH3 is 1. The largest absolute Gasteiger partial charge is 0.387 e. The highest BCUT2D eigenvalue weighted by Crippen LogP contribution is 2.28. The van der Waals surface area contributed by atoms with E-state index >= 15 is 0 Å². The monoisotopic (exact) mass is 258 g/mol. The van der Waals surface area contributed by atoms with E-state index in [1.165, 1.54) is 13.3 Å². The average Bonchev–Trinajstić information content (AvgIpc) is 2.58. The topological polar surface area (TPSA) is 114 Å². The van der Waals surface area contributed by atoms with Gasteiger partial charge in [-0.2, -0.15) is 0 Å². The van der Waals surface area contributed by atoms with E-state index in [-0.39, 0.29) is 6.61 Å². The van der Waals surface area contributed by atoms with Crippen LogP contribution in [0, 0.1) is 0 Å². The number of hydrogen-bond donors (Lipinski definition) is 3. The highest BCUT2D eigenvalue weighted by Gasteiger charge is 2.43. The van der Waals surface area contributed by atoms with E-state index in [9.17, 15) is 19.8 Å². The van der Waals surface area contributed by atoms with Crippen LogP contribution >= 0.6 is 0 Å². The maximum absolute atomic E-state index is 11.5. The van der Waals surface area contributed by atoms with Crippen molar-refractivity contribution in [3.63, 3.8) is 0 Å². The molecule has 2 heterocycles. The van der Waals surface area contributed by atoms with Crippen molar-refractivity contribution in [2.45, 2.75) is 24.5 Å². The van der Waals surface area contributed by atoms with Crippen LogP contribution in [0.2, 0.25) is 0 Å². The van der Waals surface area contributed by atoms with E-state index in [4.69, 9.17) is 9.47 Å². The Hall–Kier alpha value is -1.48. The summed E-state index contributed by atoms with van der Waals surface area (Å²) in [5.41, 5.74) is -1.26. The van der Waals surface area contributed by atoms with Gasteiger partial charge in [-0.1, -0.05) is 0 Å². The summed E-state index contributed by atoms with van der Waals surface area (Å²) in [6.45, 7) is 0.0901. The lowest BCUT2D eigenvalue weighted by atomic mass is 10.1. The predicted octanol–water partition coefficient (Wildman–Crippen LogP) is -2.20. The van der Waals surface area contributed by atoms with Crippen LogP contribution in [0.3, 0.4) is 0 Å². The van der Waals surface area contributed by atoms with Gasteiger partial charge in [0.25, 0.3) is 5.56 Å². The fourth-order valence-electron chi connectivity index (χ4n) is 1.89. The van der Waals surface area contributed by atoms with Gasteiger partial charge in [-0.25, -0.2) is 4.79 Å². The van der Waals surface area contributed by atoms with Crippen LogP contribution in [0.4, 0.5) is 0 Å². The lowest BCUT2D eigenvalue weighted by molar-refractivity contribution is -0.0614. The predicted molar refractivity (Wildman–Crippen MR) is 59.1 cm³/mol. The van der Waals surface area contributed by atoms with Crippen molar-refractivity contribution in [3.05, 3.63) is 33.1 Å². The molecule has 3 N–H and O–H groups in total. The van der Waals surface area contributed by atoms with Gasteiger partial charge >= 0.3 is 5.69 Å². The number of nitrogens with zero attached hydrogens (tertiary/aromatic N) is 1. The normalized spacial score (nSPS) is 31.7. The summed E-state index contributed by atoms with van der Waals surface area (Å²) in [6, 6.07) is 1.13. The molecule has 0 radical (unpaired) electrons. The minimum atomic E-state index is -1.27. The number of aromatic amines is 1. The van der Waals surface area contributed by atoms with Crippen molar-refractivity contribution in [1.82, 2.24) is 9.55 Å². The third-order valence-corrected chi connectivity index (χ3v) is 2.79. The van der Waals surface area contributed by atoms with Crippen molar-refractivity contribution in [2.75, 3.05) is 13.7 Å². The Balaban J connectivity index is 2.29. The number of aromatic nitrogens is 2. The first-order valence-corrected chi connectivity index (χ1v) is 5.36. The van der Waals surface area contributed by atoms with Gasteiger partial charge in [0.2, 0.25) is 0 Å². The summed E-state index contributed by atoms with van der Waals surface area (Å²) in [7, 11) is 1.43. The molecule has 1 aromatic heterocycles. The van der Waals surface area contributed by atoms with Crippen LogP contribution in [-0.4, -0.2) is 51.8 Å². The van der Waals surface area contributed by atoms with E-state index in [0.717, 1.165) is 10.6 Å². The zero-order valence-electron chi connectivity index (χ0n) is 9.65. The van der Waals surface area contributed by atoms with Crippen molar-refractivity contribution in [3.8, 4) is 0 Å². The molecule has 0 aromatic carbocycles. The number of nitrogens with one attached hydrogen (secondary N) is 1. The third kappa shape index (κ3) is 2.23. The van der Waals surface area contributed by atoms with Crippen molar-refractivity contribution >= 4 is 0 Å². The molecule has 0 spiro atoms. The molecule has 2 rings (SSSR count). The fourth-order valence-corrected chi connectivity index (χ4v) is 1.89. The van der Waals surface area contributed by atoms with Crippen molar-refractivity contribution in [2.24, 2.45) is 0 Å². The number of aliphatic hydroxyl groups is 2. The summed E-state index contributed by atoms with van der Waals surface area (Å²) < 4.78 is 11.2. The van der Waals surface area contributed by atoms with Crippen LogP contribution < -0.4 is 11.2 Å². The van der Waals surface area contributed by atoms with Crippen LogP contribution in [0.1, 0.15) is 6.23 Å². The number of ether oxygens (including phenoxy) is 2. The Morgan fingerprint density at radius 2 is 2.17 bits per heavy atom. The van der Waals surface area contributed by atoms with Gasteiger partial charge in [-0.05, 0) is 0 Å². The highest BCUT2D eigenvalue weighted by atomic mass is 16.6. The van der Waals surface area contributed by atoms with E-state index in [2.05, 4.69) is 0 Å². The SMILES string of the molecule is COC[C@H]1O[C@@H](n2ccc(=O)[nH]c2=O)C(O)[C@H]1O. The first-order valence-electron chi connectivity index (χ1n) is 5.36. The summed E-state index contributed by atoms with van der Waals surface area (Å²) in [5.74, 6) is 0. The third-order valence-electron chi connectivity index (χ3n) is 2.79. The first kappa shape index (κ1) is 13.0. The van der Waals surface area contributed by atoms with E-state index in [1.54, 1.807) is 0 Å². The van der Waals surface area contributed by atoms with Gasteiger partial charge in [-0.3, -0.25) is 14.3 Å². The van der Waals surface area contributed by atoms with Crippen LogP contribution in [0.5, 0.6) is 0 Å². The van der Waals surface area contributed by atoms with Crippen LogP contribution in [-0.2, 0) is 9.47 Å². The molecule has 100 valence electrons. The van der Waals surface area contributed by atoms with Crippen LogP contribution in [0.15, 0.2) is 21.9 Å². The Labute approximate surface area is 101 Å². The lowest BCUT2D eigenvalue weighted by Crippen LogP contribution is -2.37. The second-order valence-corrected chi connectivity index (χ2v) is 4.02. The van der Waals surface area contributed by atoms with Gasteiger partial charge in [0.1, 0.15) is 18.3 Å². The molecule has 0 amide bonds. The molecule has 0 saturated carbocycles. The molecule has 8 nitrogen and oxygen atoms in total. The molecular formula is C10H14N2O6. The summed E-state index contributed by atoms with van der Waals surface area (Å²) >= 11 is 0. The fraction of sp³-hybridized carbons (Fsp3) is 0.600. The Morgan fingerprint density at radius 1 is 1.44 bits per heavy atom. The quantitative estimate of drug-likeness (QED) is 0.567. The Bertz CT molecular complexity index is 524. The van der Waals surface area contributed by atoms with E-state index in [1.807, 2.05) is 4.98 Å². The standard InChI is InChI=1S/C10H14N2O6/c1-17-4-5-7(14)8(15)9(18-5)12-3-2-6(13)11-10(12)16/h2-3,5,7-9,14-15H,4H2,1H3,(H,11,13,16)/t5-,7+,8?,9-/m1/s1. The Kier molecular flexibility index (Phi) is 3.62. The molecule has 8 heteroatoms. The zero-order chi connectivity index (χ0) is 13.3. The maximum Gasteiger partial charge on any atom is 0.330 e. The molecule has 4 atom stereocenters. The van der Waals surface area contributed by atoms with Gasteiger partial charge in [0.15, 0.2) is 6.23 Å². The second-order valence-electron chi connectivity index (χ2n) is 4.02. The molecule has 1 aromatic rings. The summed E-state index contributed by atoms with van der Waals surface area (Å²) in [6.07, 6.45) is -3.00. The molecular weight excluding hydrogens is 244 g/mol. The van der Waals surface area contributed by atoms with Crippen molar-refractivity contribution < 1.29 is 19.7 Å². The number of rotatable bonds is 3. The van der Waals surface area contributed by atoms with Gasteiger partial charge in [-0.15, -0.1) is 0 Å². The van der Waals surface area contributed by atoms with E-state index < -0.39 is 35.8 Å². The van der Waals surface area contributed by atoms with Crippen LogP contribution in [0.25, 0.3) is 0 Å². The lowest BCUT2D eigenvalue weighted by Gasteiger charge is -2.16. The first-order chi connectivity index (χ1) is 8.54. The molecule has 0 bridgehead atoms. The smallest absolute Gasteiger partial charge is 0.330 e. The van der Waals surface area contributed by atoms with E-state index in [0.29, 0.717) is 0 Å². The van der Waals surface area contributed by atoms with Crippen molar-refractivity contribution in [1.29, 1.82) is 0 Å². The molecule has 1 unspecified atom stereocenters. The molecule has 18 heavy (non-hydrogen) atoms. The molecule has 0 aliphatic carbocycles. The van der Waals surface area contributed by atoms with Gasteiger partial charge in [0.05, 0.1) is 6.61 Å². The summed E-state index contributed by atoms with van der Waals surface area (Å²) in [5, 5.41) is 19.5. The molecule has 1 aliphatic heterocycles.